The number of hydrogen-bond donors (Lipinski definition) is 0. The molecule has 11 aliphatic rings. The van der Waals surface area contributed by atoms with Crippen molar-refractivity contribution in [3.63, 3.8) is 0 Å². The lowest BCUT2D eigenvalue weighted by Crippen LogP contribution is -2.36. The smallest absolute Gasteiger partial charge is 0.163 e. The first-order chi connectivity index (χ1) is 33.7. The lowest BCUT2D eigenvalue weighted by molar-refractivity contribution is 0.266. The van der Waals surface area contributed by atoms with Gasteiger partial charge in [0.2, 0.25) is 0 Å². The van der Waals surface area contributed by atoms with E-state index in [1.54, 1.807) is 16.7 Å². The summed E-state index contributed by atoms with van der Waals surface area (Å²) in [5, 5.41) is 1.10. The van der Waals surface area contributed by atoms with Gasteiger partial charge in [-0.1, -0.05) is 145 Å². The topological polar surface area (TPSA) is 41.9 Å². The third-order valence-corrected chi connectivity index (χ3v) is 18.7. The highest BCUT2D eigenvalue weighted by Crippen LogP contribution is 2.63. The highest BCUT2D eigenvalue weighted by molar-refractivity contribution is 8.01. The van der Waals surface area contributed by atoms with E-state index in [1.165, 1.54) is 52.1 Å². The number of fused-ring (bicyclic) bond motifs is 6. The van der Waals surface area contributed by atoms with Crippen LogP contribution in [-0.4, -0.2) is 36.4 Å². The molecule has 1 saturated heterocycles. The molecule has 4 nitrogen and oxygen atoms in total. The maximum atomic E-state index is 5.67. The van der Waals surface area contributed by atoms with E-state index in [-0.39, 0.29) is 5.92 Å². The van der Waals surface area contributed by atoms with E-state index in [0.29, 0.717) is 46.1 Å². The van der Waals surface area contributed by atoms with Crippen molar-refractivity contribution in [1.82, 2.24) is 19.9 Å². The second-order valence-electron chi connectivity index (χ2n) is 21.0. The Labute approximate surface area is 408 Å². The molecule has 0 spiro atoms. The van der Waals surface area contributed by atoms with Crippen LogP contribution >= 0.6 is 11.8 Å². The average molecular weight is 909 g/mol. The molecule has 0 N–H and O–H groups in total. The van der Waals surface area contributed by atoms with E-state index in [9.17, 15) is 0 Å². The second-order valence-corrected chi connectivity index (χ2v) is 22.4. The summed E-state index contributed by atoms with van der Waals surface area (Å²) in [4.78, 5) is 19.4. The Balaban J connectivity index is 0.935. The van der Waals surface area contributed by atoms with Gasteiger partial charge in [0, 0.05) is 51.1 Å². The van der Waals surface area contributed by atoms with Crippen molar-refractivity contribution in [2.45, 2.75) is 131 Å². The van der Waals surface area contributed by atoms with Crippen LogP contribution in [0.4, 0.5) is 0 Å². The second kappa shape index (κ2) is 18.4. The molecule has 9 aliphatic carbocycles. The van der Waals surface area contributed by atoms with Gasteiger partial charge in [-0.3, -0.25) is 0 Å². The van der Waals surface area contributed by atoms with Crippen LogP contribution in [0.25, 0.3) is 16.7 Å². The van der Waals surface area contributed by atoms with Gasteiger partial charge in [0.15, 0.2) is 11.6 Å². The first-order valence-electron chi connectivity index (χ1n) is 26.4. The number of hydrogen-bond acceptors (Lipinski definition) is 5. The summed E-state index contributed by atoms with van der Waals surface area (Å²) < 4.78 is 0. The molecule has 2 aromatic rings. The molecule has 0 amide bonds. The minimum Gasteiger partial charge on any atom is -0.334 e. The van der Waals surface area contributed by atoms with Crippen LogP contribution in [0.5, 0.6) is 0 Å². The molecule has 13 rings (SSSR count). The molecule has 1 saturated carbocycles. The summed E-state index contributed by atoms with van der Waals surface area (Å²) in [7, 11) is 0. The summed E-state index contributed by atoms with van der Waals surface area (Å²) in [6, 6.07) is 8.08. The first kappa shape index (κ1) is 42.6. The fraction of sp³-hybridized carbons (Fsp3) is 0.381. The Morgan fingerprint density at radius 2 is 1.41 bits per heavy atom. The fourth-order valence-electron chi connectivity index (χ4n) is 13.9. The van der Waals surface area contributed by atoms with E-state index < -0.39 is 0 Å². The number of rotatable bonds is 8. The predicted molar refractivity (Wildman–Crippen MR) is 283 cm³/mol. The minimum atomic E-state index is 0.174. The molecule has 68 heavy (non-hydrogen) atoms. The lowest BCUT2D eigenvalue weighted by Gasteiger charge is -2.43. The van der Waals surface area contributed by atoms with Gasteiger partial charge >= 0.3 is 0 Å². The highest BCUT2D eigenvalue weighted by Gasteiger charge is 2.55. The van der Waals surface area contributed by atoms with Gasteiger partial charge in [0.1, 0.15) is 5.82 Å². The maximum Gasteiger partial charge on any atom is 0.163 e. The normalized spacial score (nSPS) is 32.2. The van der Waals surface area contributed by atoms with Gasteiger partial charge in [-0.05, 0) is 159 Å². The van der Waals surface area contributed by atoms with Gasteiger partial charge in [0.25, 0.3) is 0 Å². The number of benzene rings is 1. The molecule has 2 fully saturated rings. The monoisotopic (exact) mass is 908 g/mol. The quantitative estimate of drug-likeness (QED) is 0.247. The zero-order chi connectivity index (χ0) is 45.0. The van der Waals surface area contributed by atoms with Gasteiger partial charge in [-0.25, -0.2) is 15.0 Å². The standard InChI is InChI=1S/C63H64N4S/c1-6-19-41(20-7-1)46-37-47(42-21-8-2-9-22-42)39-48(38-46)45-33-34-50(53(40-45)63-65-61(43-23-10-3-11-24-43)64-62(66-63)44-25-12-4-13-26-44)51-30-18-32-56-59(51)60-57(68-56)36-35-55-58(60)52-29-16-17-31-54(52)67(55)49-27-14-5-15-28-49/h1-3,6-8,10,12,14,16-17,19,21,23,25-30,35-39,41,45,50,53-54,56-57,59-60H,4-5,9,11,13,15,18,20,22,24,31-34,40H2. The van der Waals surface area contributed by atoms with Crippen LogP contribution in [0.2, 0.25) is 0 Å². The molecule has 1 aromatic carbocycles. The highest BCUT2D eigenvalue weighted by atomic mass is 32.2. The maximum absolute atomic E-state index is 5.67. The van der Waals surface area contributed by atoms with Crippen LogP contribution in [-0.2, 0) is 0 Å². The van der Waals surface area contributed by atoms with E-state index >= 15 is 0 Å². The Morgan fingerprint density at radius 3 is 2.22 bits per heavy atom. The Bertz CT molecular complexity index is 2880. The van der Waals surface area contributed by atoms with Crippen molar-refractivity contribution in [2.75, 3.05) is 0 Å². The summed E-state index contributed by atoms with van der Waals surface area (Å²) in [5.74, 6) is 5.06. The molecule has 342 valence electrons. The third-order valence-electron chi connectivity index (χ3n) is 17.1. The summed E-state index contributed by atoms with van der Waals surface area (Å²) in [6.45, 7) is 0. The molecular weight excluding hydrogens is 845 g/mol. The van der Waals surface area contributed by atoms with Crippen LogP contribution in [0.15, 0.2) is 180 Å². The number of aromatic nitrogens is 3. The number of thioether (sulfide) groups is 1. The first-order valence-corrected chi connectivity index (χ1v) is 27.3. The van der Waals surface area contributed by atoms with Gasteiger partial charge in [0.05, 0.1) is 6.04 Å². The largest absolute Gasteiger partial charge is 0.334 e. The van der Waals surface area contributed by atoms with Crippen molar-refractivity contribution < 1.29 is 0 Å². The Hall–Kier alpha value is -5.52. The third kappa shape index (κ3) is 7.81. The van der Waals surface area contributed by atoms with Crippen molar-refractivity contribution in [2.24, 2.45) is 17.8 Å². The molecule has 9 atom stereocenters. The molecule has 0 radical (unpaired) electrons. The van der Waals surface area contributed by atoms with Crippen LogP contribution in [0, 0.1) is 17.8 Å². The molecule has 0 bridgehead atoms. The summed E-state index contributed by atoms with van der Waals surface area (Å²) in [6.07, 6.45) is 68.7. The number of nitrogens with zero attached hydrogens (tertiary/aromatic N) is 4. The minimum absolute atomic E-state index is 0.174. The SMILES string of the molecule is C1=CCCC(c2cc(C3C=CC=CC3)cc(C3CCC(C4=CCCC5SC6C=CC7=C(C8=CC=CCC8N7C7=CCCC=C7)C6C45)C(c4nc(C5=CCCC=C5)nc(C5=CC=CCC5)n4)C3)c2)=C1. The summed E-state index contributed by atoms with van der Waals surface area (Å²) in [5.41, 5.74) is 16.0. The van der Waals surface area contributed by atoms with Crippen molar-refractivity contribution >= 4 is 28.5 Å². The Kier molecular flexibility index (Phi) is 11.5. The van der Waals surface area contributed by atoms with Gasteiger partial charge in [-0.2, -0.15) is 0 Å². The van der Waals surface area contributed by atoms with E-state index in [1.807, 2.05) is 0 Å². The summed E-state index contributed by atoms with van der Waals surface area (Å²) >= 11 is 2.29. The van der Waals surface area contributed by atoms with Crippen LogP contribution in [0.1, 0.15) is 148 Å². The van der Waals surface area contributed by atoms with E-state index in [0.717, 1.165) is 107 Å². The molecule has 3 heterocycles. The molecule has 9 unspecified atom stereocenters. The van der Waals surface area contributed by atoms with Crippen molar-refractivity contribution in [3.05, 3.63) is 214 Å². The van der Waals surface area contributed by atoms with E-state index in [2.05, 4.69) is 169 Å². The van der Waals surface area contributed by atoms with Crippen LogP contribution < -0.4 is 0 Å². The zero-order valence-corrected chi connectivity index (χ0v) is 40.3. The molecular formula is C63H64N4S. The molecule has 1 aromatic heterocycles. The lowest BCUT2D eigenvalue weighted by atomic mass is 9.61. The van der Waals surface area contributed by atoms with Crippen LogP contribution in [0.3, 0.4) is 0 Å². The van der Waals surface area contributed by atoms with E-state index in [4.69, 9.17) is 15.0 Å². The average Bonchev–Trinajstić information content (AvgIpc) is 3.98. The zero-order valence-electron chi connectivity index (χ0n) is 39.4. The van der Waals surface area contributed by atoms with Gasteiger partial charge in [-0.15, -0.1) is 11.8 Å². The predicted octanol–water partition coefficient (Wildman–Crippen LogP) is 15.4. The number of allylic oxidation sites excluding steroid dienone is 24. The van der Waals surface area contributed by atoms with Gasteiger partial charge < -0.3 is 4.90 Å². The molecule has 2 aliphatic heterocycles. The van der Waals surface area contributed by atoms with Crippen molar-refractivity contribution in [3.8, 4) is 0 Å². The molecule has 5 heteroatoms. The van der Waals surface area contributed by atoms with Crippen molar-refractivity contribution in [1.29, 1.82) is 0 Å². The Morgan fingerprint density at radius 1 is 0.588 bits per heavy atom. The fourth-order valence-corrected chi connectivity index (χ4v) is 15.7.